The molecule has 4 N–H and O–H groups in total. The largest absolute Gasteiger partial charge is 0.388 e. The first-order valence-corrected chi connectivity index (χ1v) is 6.07. The third-order valence-electron chi connectivity index (χ3n) is 3.22. The van der Waals surface area contributed by atoms with Gasteiger partial charge in [-0.15, -0.1) is 0 Å². The number of aryl methyl sites for hydroxylation is 1. The minimum absolute atomic E-state index is 0.0337. The van der Waals surface area contributed by atoms with Crippen LogP contribution >= 0.6 is 0 Å². The number of anilines is 1. The molecular formula is C12H16N2O6. The van der Waals surface area contributed by atoms with Crippen LogP contribution in [0.15, 0.2) is 18.2 Å². The Kier molecular flexibility index (Phi) is 4.19. The van der Waals surface area contributed by atoms with Crippen LogP contribution in [-0.4, -0.2) is 51.4 Å². The molecule has 1 aromatic rings. The summed E-state index contributed by atoms with van der Waals surface area (Å²) in [6.07, 6.45) is -4.64. The molecule has 0 saturated carbocycles. The highest BCUT2D eigenvalue weighted by atomic mass is 16.6. The topological polar surface area (TPSA) is 125 Å². The molecule has 1 aliphatic heterocycles. The molecule has 8 heteroatoms. The fraction of sp³-hybridized carbons (Fsp3) is 0.500. The zero-order valence-electron chi connectivity index (χ0n) is 10.8. The van der Waals surface area contributed by atoms with Gasteiger partial charge in [0, 0.05) is 17.8 Å². The second-order valence-electron chi connectivity index (χ2n) is 4.70. The Balaban J connectivity index is 2.12. The molecular weight excluding hydrogens is 268 g/mol. The zero-order chi connectivity index (χ0) is 14.9. The van der Waals surface area contributed by atoms with Gasteiger partial charge in [-0.2, -0.15) is 0 Å². The third kappa shape index (κ3) is 2.88. The lowest BCUT2D eigenvalue weighted by Crippen LogP contribution is -2.55. The third-order valence-corrected chi connectivity index (χ3v) is 3.22. The highest BCUT2D eigenvalue weighted by Gasteiger charge is 2.37. The van der Waals surface area contributed by atoms with E-state index in [1.807, 2.05) is 0 Å². The van der Waals surface area contributed by atoms with Crippen molar-refractivity contribution < 1.29 is 25.0 Å². The van der Waals surface area contributed by atoms with E-state index >= 15 is 0 Å². The number of benzene rings is 1. The maximum atomic E-state index is 10.6. The van der Waals surface area contributed by atoms with E-state index in [1.54, 1.807) is 6.92 Å². The van der Waals surface area contributed by atoms with E-state index in [1.165, 1.54) is 18.2 Å². The summed E-state index contributed by atoms with van der Waals surface area (Å²) in [5.41, 5.74) is 1.12. The highest BCUT2D eigenvalue weighted by Crippen LogP contribution is 2.24. The fourth-order valence-electron chi connectivity index (χ4n) is 2.01. The number of non-ortho nitro benzene ring substituents is 1. The van der Waals surface area contributed by atoms with Gasteiger partial charge in [-0.05, 0) is 18.6 Å². The summed E-state index contributed by atoms with van der Waals surface area (Å²) in [5, 5.41) is 42.2. The van der Waals surface area contributed by atoms with Gasteiger partial charge < -0.3 is 25.4 Å². The minimum atomic E-state index is -1.31. The van der Waals surface area contributed by atoms with Gasteiger partial charge in [0.25, 0.3) is 5.69 Å². The van der Waals surface area contributed by atoms with Crippen LogP contribution in [0.2, 0.25) is 0 Å². The van der Waals surface area contributed by atoms with E-state index < -0.39 is 29.5 Å². The molecule has 1 heterocycles. The maximum Gasteiger partial charge on any atom is 0.269 e. The number of rotatable bonds is 3. The molecule has 20 heavy (non-hydrogen) atoms. The van der Waals surface area contributed by atoms with E-state index in [0.29, 0.717) is 11.3 Å². The zero-order valence-corrected chi connectivity index (χ0v) is 10.8. The van der Waals surface area contributed by atoms with Gasteiger partial charge in [-0.1, -0.05) is 0 Å². The molecule has 0 bridgehead atoms. The van der Waals surface area contributed by atoms with Crippen molar-refractivity contribution in [2.24, 2.45) is 0 Å². The van der Waals surface area contributed by atoms with Gasteiger partial charge in [-0.25, -0.2) is 0 Å². The smallest absolute Gasteiger partial charge is 0.269 e. The Bertz CT molecular complexity index is 509. The summed E-state index contributed by atoms with van der Waals surface area (Å²) in [5.74, 6) is 0. The minimum Gasteiger partial charge on any atom is -0.388 e. The molecule has 2 rings (SSSR count). The fourth-order valence-corrected chi connectivity index (χ4v) is 2.01. The monoisotopic (exact) mass is 284 g/mol. The SMILES string of the molecule is Cc1cc([N+](=O)[O-])ccc1N[C@@H]1OC[C@@H](O)[C@H](O)[C@H]1O. The van der Waals surface area contributed by atoms with Crippen LogP contribution in [0.3, 0.4) is 0 Å². The molecule has 1 aliphatic rings. The average molecular weight is 284 g/mol. The Morgan fingerprint density at radius 2 is 2.05 bits per heavy atom. The molecule has 0 radical (unpaired) electrons. The molecule has 0 spiro atoms. The maximum absolute atomic E-state index is 10.6. The first kappa shape index (κ1) is 14.7. The number of nitrogens with one attached hydrogen (secondary N) is 1. The lowest BCUT2D eigenvalue weighted by atomic mass is 10.0. The Labute approximate surface area is 114 Å². The van der Waals surface area contributed by atoms with Crippen molar-refractivity contribution in [2.45, 2.75) is 31.5 Å². The van der Waals surface area contributed by atoms with E-state index in [0.717, 1.165) is 0 Å². The van der Waals surface area contributed by atoms with Gasteiger partial charge in [0.05, 0.1) is 11.5 Å². The summed E-state index contributed by atoms with van der Waals surface area (Å²) in [7, 11) is 0. The quantitative estimate of drug-likeness (QED) is 0.445. The standard InChI is InChI=1S/C12H16N2O6/c1-6-4-7(14(18)19)2-3-8(6)13-12-11(17)10(16)9(15)5-20-12/h2-4,9-13,15-17H,5H2,1H3/t9-,10+,11-,12-/m1/s1. The Morgan fingerprint density at radius 3 is 2.65 bits per heavy atom. The second-order valence-corrected chi connectivity index (χ2v) is 4.70. The number of ether oxygens (including phenoxy) is 1. The van der Waals surface area contributed by atoms with Crippen LogP contribution in [0.25, 0.3) is 0 Å². The summed E-state index contributed by atoms with van der Waals surface area (Å²) in [6.45, 7) is 1.57. The number of hydrogen-bond acceptors (Lipinski definition) is 7. The number of aliphatic hydroxyl groups excluding tert-OH is 3. The van der Waals surface area contributed by atoms with Crippen LogP contribution in [0, 0.1) is 17.0 Å². The van der Waals surface area contributed by atoms with Crippen LogP contribution in [0.5, 0.6) is 0 Å². The molecule has 1 aromatic carbocycles. The number of nitrogens with zero attached hydrogens (tertiary/aromatic N) is 1. The van der Waals surface area contributed by atoms with Crippen molar-refractivity contribution in [1.29, 1.82) is 0 Å². The normalized spacial score (nSPS) is 30.0. The first-order valence-electron chi connectivity index (χ1n) is 6.07. The van der Waals surface area contributed by atoms with Gasteiger partial charge in [0.15, 0.2) is 6.23 Å². The van der Waals surface area contributed by atoms with E-state index in [9.17, 15) is 25.4 Å². The van der Waals surface area contributed by atoms with Crippen LogP contribution in [0.1, 0.15) is 5.56 Å². The Hall–Kier alpha value is -1.74. The molecule has 0 aliphatic carbocycles. The van der Waals surface area contributed by atoms with Crippen molar-refractivity contribution >= 4 is 11.4 Å². The van der Waals surface area contributed by atoms with E-state index in [4.69, 9.17) is 4.74 Å². The summed E-state index contributed by atoms with van der Waals surface area (Å²) < 4.78 is 5.20. The van der Waals surface area contributed by atoms with Crippen molar-refractivity contribution in [3.05, 3.63) is 33.9 Å². The van der Waals surface area contributed by atoms with Crippen molar-refractivity contribution in [3.63, 3.8) is 0 Å². The lowest BCUT2D eigenvalue weighted by molar-refractivity contribution is -0.384. The van der Waals surface area contributed by atoms with Gasteiger partial charge in [-0.3, -0.25) is 10.1 Å². The van der Waals surface area contributed by atoms with E-state index in [2.05, 4.69) is 5.32 Å². The molecule has 0 aromatic heterocycles. The molecule has 110 valence electrons. The molecule has 1 fully saturated rings. The van der Waals surface area contributed by atoms with E-state index in [-0.39, 0.29) is 12.3 Å². The first-order chi connectivity index (χ1) is 9.40. The molecule has 4 atom stereocenters. The Morgan fingerprint density at radius 1 is 1.35 bits per heavy atom. The summed E-state index contributed by atoms with van der Waals surface area (Å²) in [4.78, 5) is 10.1. The molecule has 0 unspecified atom stereocenters. The summed E-state index contributed by atoms with van der Waals surface area (Å²) in [6, 6.07) is 4.22. The van der Waals surface area contributed by atoms with Crippen molar-refractivity contribution in [2.75, 3.05) is 11.9 Å². The van der Waals surface area contributed by atoms with Crippen LogP contribution in [0.4, 0.5) is 11.4 Å². The van der Waals surface area contributed by atoms with Gasteiger partial charge in [0.2, 0.25) is 0 Å². The molecule has 1 saturated heterocycles. The molecule has 0 amide bonds. The van der Waals surface area contributed by atoms with Crippen LogP contribution in [-0.2, 0) is 4.74 Å². The van der Waals surface area contributed by atoms with Crippen molar-refractivity contribution in [1.82, 2.24) is 0 Å². The van der Waals surface area contributed by atoms with Crippen molar-refractivity contribution in [3.8, 4) is 0 Å². The van der Waals surface area contributed by atoms with Gasteiger partial charge >= 0.3 is 0 Å². The summed E-state index contributed by atoms with van der Waals surface area (Å²) >= 11 is 0. The predicted octanol–water partition coefficient (Wildman–Crippen LogP) is -0.246. The second kappa shape index (κ2) is 5.71. The number of nitro benzene ring substituents is 1. The number of nitro groups is 1. The molecule has 8 nitrogen and oxygen atoms in total. The number of hydrogen-bond donors (Lipinski definition) is 4. The lowest BCUT2D eigenvalue weighted by Gasteiger charge is -2.36. The average Bonchev–Trinajstić information content (AvgIpc) is 2.41. The number of aliphatic hydroxyl groups is 3. The van der Waals surface area contributed by atoms with Crippen LogP contribution < -0.4 is 5.32 Å². The highest BCUT2D eigenvalue weighted by molar-refractivity contribution is 5.55. The van der Waals surface area contributed by atoms with Gasteiger partial charge in [0.1, 0.15) is 18.3 Å². The predicted molar refractivity (Wildman–Crippen MR) is 69.2 cm³/mol.